The van der Waals surface area contributed by atoms with E-state index in [9.17, 15) is 14.4 Å². The van der Waals surface area contributed by atoms with Crippen LogP contribution in [0.5, 0.6) is 5.75 Å². The van der Waals surface area contributed by atoms with Crippen molar-refractivity contribution < 1.29 is 14.3 Å². The number of carbonyl (C=O) groups is 2. The second-order valence-electron chi connectivity index (χ2n) is 6.56. The maximum absolute atomic E-state index is 12.7. The SMILES string of the molecule is CC(C)Cn1nc(C(=O)Oc2cccc(C(N)=O)c2)c2ccccc2c1=O. The first-order chi connectivity index (χ1) is 12.9. The number of amides is 1. The molecule has 0 spiro atoms. The fourth-order valence-electron chi connectivity index (χ4n) is 2.72. The molecule has 1 amide bonds. The molecule has 0 aliphatic heterocycles. The van der Waals surface area contributed by atoms with Gasteiger partial charge in [0.1, 0.15) is 5.75 Å². The number of primary amides is 1. The smallest absolute Gasteiger partial charge is 0.364 e. The topological polar surface area (TPSA) is 104 Å². The van der Waals surface area contributed by atoms with Gasteiger partial charge in [-0.15, -0.1) is 0 Å². The van der Waals surface area contributed by atoms with E-state index in [0.29, 0.717) is 17.3 Å². The lowest BCUT2D eigenvalue weighted by Gasteiger charge is -2.12. The highest BCUT2D eigenvalue weighted by Gasteiger charge is 2.19. The number of aromatic nitrogens is 2. The minimum Gasteiger partial charge on any atom is -0.422 e. The lowest BCUT2D eigenvalue weighted by molar-refractivity contribution is 0.0726. The second-order valence-corrected chi connectivity index (χ2v) is 6.56. The molecular formula is C20H19N3O4. The first-order valence-corrected chi connectivity index (χ1v) is 8.48. The molecule has 0 saturated carbocycles. The van der Waals surface area contributed by atoms with E-state index >= 15 is 0 Å². The number of nitrogens with zero attached hydrogens (tertiary/aromatic N) is 2. The summed E-state index contributed by atoms with van der Waals surface area (Å²) in [6.45, 7) is 4.29. The van der Waals surface area contributed by atoms with E-state index in [1.165, 1.54) is 22.9 Å². The van der Waals surface area contributed by atoms with Gasteiger partial charge < -0.3 is 10.5 Å². The van der Waals surface area contributed by atoms with Crippen LogP contribution < -0.4 is 16.0 Å². The van der Waals surface area contributed by atoms with Crippen molar-refractivity contribution in [2.45, 2.75) is 20.4 Å². The van der Waals surface area contributed by atoms with E-state index in [-0.39, 0.29) is 28.5 Å². The third-order valence-electron chi connectivity index (χ3n) is 3.93. The summed E-state index contributed by atoms with van der Waals surface area (Å²) in [5, 5.41) is 5.04. The molecule has 0 aliphatic carbocycles. The Kier molecular flexibility index (Phi) is 5.03. The summed E-state index contributed by atoms with van der Waals surface area (Å²) in [5.74, 6) is -0.997. The summed E-state index contributed by atoms with van der Waals surface area (Å²) in [7, 11) is 0. The van der Waals surface area contributed by atoms with Crippen LogP contribution in [0.4, 0.5) is 0 Å². The Labute approximate surface area is 155 Å². The third kappa shape index (κ3) is 3.87. The summed E-state index contributed by atoms with van der Waals surface area (Å²) in [6, 6.07) is 12.8. The van der Waals surface area contributed by atoms with Gasteiger partial charge in [0.05, 0.1) is 5.39 Å². The van der Waals surface area contributed by atoms with Gasteiger partial charge in [0.15, 0.2) is 5.69 Å². The normalized spacial score (nSPS) is 10.9. The van der Waals surface area contributed by atoms with Crippen LogP contribution in [0.15, 0.2) is 53.3 Å². The molecule has 0 radical (unpaired) electrons. The maximum Gasteiger partial charge on any atom is 0.364 e. The van der Waals surface area contributed by atoms with Crippen molar-refractivity contribution >= 4 is 22.6 Å². The van der Waals surface area contributed by atoms with Crippen LogP contribution in [0.25, 0.3) is 10.8 Å². The van der Waals surface area contributed by atoms with E-state index in [4.69, 9.17) is 10.5 Å². The van der Waals surface area contributed by atoms with Crippen molar-refractivity contribution in [2.75, 3.05) is 0 Å². The van der Waals surface area contributed by atoms with Crippen LogP contribution in [0.3, 0.4) is 0 Å². The molecule has 1 aromatic heterocycles. The Morgan fingerprint density at radius 3 is 2.48 bits per heavy atom. The zero-order valence-electron chi connectivity index (χ0n) is 15.0. The standard InChI is InChI=1S/C20H19N3O4/c1-12(2)11-23-19(25)16-9-4-3-8-15(16)17(22-23)20(26)27-14-7-5-6-13(10-14)18(21)24/h3-10,12H,11H2,1-2H3,(H2,21,24). The van der Waals surface area contributed by atoms with Gasteiger partial charge in [-0.3, -0.25) is 9.59 Å². The largest absolute Gasteiger partial charge is 0.422 e. The number of hydrogen-bond acceptors (Lipinski definition) is 5. The third-order valence-corrected chi connectivity index (χ3v) is 3.93. The zero-order valence-corrected chi connectivity index (χ0v) is 15.0. The minimum atomic E-state index is -0.717. The molecule has 7 nitrogen and oxygen atoms in total. The number of fused-ring (bicyclic) bond motifs is 1. The average molecular weight is 365 g/mol. The summed E-state index contributed by atoms with van der Waals surface area (Å²) in [4.78, 5) is 36.7. The molecule has 3 rings (SSSR count). The van der Waals surface area contributed by atoms with Gasteiger partial charge >= 0.3 is 5.97 Å². The van der Waals surface area contributed by atoms with E-state index in [2.05, 4.69) is 5.10 Å². The van der Waals surface area contributed by atoms with Crippen LogP contribution >= 0.6 is 0 Å². The molecule has 2 N–H and O–H groups in total. The van der Waals surface area contributed by atoms with Crippen LogP contribution in [-0.2, 0) is 6.54 Å². The zero-order chi connectivity index (χ0) is 19.6. The quantitative estimate of drug-likeness (QED) is 0.552. The van der Waals surface area contributed by atoms with E-state index in [1.807, 2.05) is 13.8 Å². The van der Waals surface area contributed by atoms with Crippen LogP contribution in [0, 0.1) is 5.92 Å². The Morgan fingerprint density at radius 1 is 1.11 bits per heavy atom. The van der Waals surface area contributed by atoms with Gasteiger partial charge in [-0.2, -0.15) is 5.10 Å². The van der Waals surface area contributed by atoms with Crippen molar-refractivity contribution in [3.8, 4) is 5.75 Å². The van der Waals surface area contributed by atoms with Crippen molar-refractivity contribution in [3.63, 3.8) is 0 Å². The van der Waals surface area contributed by atoms with Crippen LogP contribution in [0.1, 0.15) is 34.7 Å². The number of esters is 1. The highest BCUT2D eigenvalue weighted by atomic mass is 16.5. The Bertz CT molecular complexity index is 1090. The monoisotopic (exact) mass is 365 g/mol. The number of ether oxygens (including phenoxy) is 1. The number of nitrogens with two attached hydrogens (primary N) is 1. The molecule has 0 fully saturated rings. The number of benzene rings is 2. The van der Waals surface area contributed by atoms with Crippen molar-refractivity contribution in [1.29, 1.82) is 0 Å². The van der Waals surface area contributed by atoms with E-state index in [1.54, 1.807) is 30.3 Å². The summed E-state index contributed by atoms with van der Waals surface area (Å²) in [6.07, 6.45) is 0. The molecule has 7 heteroatoms. The Morgan fingerprint density at radius 2 is 1.81 bits per heavy atom. The van der Waals surface area contributed by atoms with Gasteiger partial charge in [0, 0.05) is 17.5 Å². The molecule has 0 unspecified atom stereocenters. The summed E-state index contributed by atoms with van der Waals surface area (Å²) in [5.41, 5.74) is 5.26. The average Bonchev–Trinajstić information content (AvgIpc) is 2.64. The molecular weight excluding hydrogens is 346 g/mol. The molecule has 2 aromatic carbocycles. The summed E-state index contributed by atoms with van der Waals surface area (Å²) < 4.78 is 6.66. The predicted octanol–water partition coefficient (Wildman–Crippen LogP) is 2.37. The molecule has 0 bridgehead atoms. The minimum absolute atomic E-state index is 0.0373. The number of rotatable bonds is 5. The highest BCUT2D eigenvalue weighted by Crippen LogP contribution is 2.18. The van der Waals surface area contributed by atoms with E-state index in [0.717, 1.165) is 0 Å². The lowest BCUT2D eigenvalue weighted by atomic mass is 10.1. The first-order valence-electron chi connectivity index (χ1n) is 8.48. The fourth-order valence-corrected chi connectivity index (χ4v) is 2.72. The second kappa shape index (κ2) is 7.41. The van der Waals surface area contributed by atoms with Gasteiger partial charge in [-0.25, -0.2) is 9.48 Å². The molecule has 0 saturated heterocycles. The molecule has 1 heterocycles. The molecule has 0 atom stereocenters. The predicted molar refractivity (Wildman–Crippen MR) is 101 cm³/mol. The Hall–Kier alpha value is -3.48. The fraction of sp³-hybridized carbons (Fsp3) is 0.200. The van der Waals surface area contributed by atoms with Crippen molar-refractivity contribution in [3.05, 3.63) is 70.1 Å². The summed E-state index contributed by atoms with van der Waals surface area (Å²) >= 11 is 0. The van der Waals surface area contributed by atoms with Crippen LogP contribution in [0.2, 0.25) is 0 Å². The molecule has 27 heavy (non-hydrogen) atoms. The van der Waals surface area contributed by atoms with Gasteiger partial charge in [0.2, 0.25) is 5.91 Å². The van der Waals surface area contributed by atoms with Gasteiger partial charge in [-0.1, -0.05) is 38.1 Å². The molecule has 138 valence electrons. The van der Waals surface area contributed by atoms with Crippen molar-refractivity contribution in [2.24, 2.45) is 11.7 Å². The van der Waals surface area contributed by atoms with Gasteiger partial charge in [0.25, 0.3) is 5.56 Å². The van der Waals surface area contributed by atoms with Crippen molar-refractivity contribution in [1.82, 2.24) is 9.78 Å². The Balaban J connectivity index is 2.06. The first kappa shape index (κ1) is 18.3. The maximum atomic E-state index is 12.7. The lowest BCUT2D eigenvalue weighted by Crippen LogP contribution is -2.28. The molecule has 0 aliphatic rings. The van der Waals surface area contributed by atoms with E-state index < -0.39 is 11.9 Å². The van der Waals surface area contributed by atoms with Gasteiger partial charge in [-0.05, 0) is 30.2 Å². The molecule has 3 aromatic rings. The number of carbonyl (C=O) groups excluding carboxylic acids is 2. The van der Waals surface area contributed by atoms with Crippen LogP contribution in [-0.4, -0.2) is 21.7 Å². The highest BCUT2D eigenvalue weighted by molar-refractivity contribution is 6.03. The number of hydrogen-bond donors (Lipinski definition) is 1.